The first kappa shape index (κ1) is 20.1. The van der Waals surface area contributed by atoms with Gasteiger partial charge in [-0.3, -0.25) is 14.3 Å². The van der Waals surface area contributed by atoms with Crippen molar-refractivity contribution in [3.05, 3.63) is 33.5 Å². The maximum Gasteiger partial charge on any atom is 0.272 e. The van der Waals surface area contributed by atoms with Gasteiger partial charge in [0.1, 0.15) is 0 Å². The summed E-state index contributed by atoms with van der Waals surface area (Å²) in [6.07, 6.45) is 5.46. The van der Waals surface area contributed by atoms with Crippen molar-refractivity contribution in [3.63, 3.8) is 0 Å². The fourth-order valence-electron chi connectivity index (χ4n) is 4.30. The second kappa shape index (κ2) is 8.65. The molecule has 156 valence electrons. The summed E-state index contributed by atoms with van der Waals surface area (Å²) in [7, 11) is 0. The molecule has 0 atom stereocenters. The highest BCUT2D eigenvalue weighted by molar-refractivity contribution is 7.07. The largest absolute Gasteiger partial charge is 0.348 e. The molecule has 8 heteroatoms. The lowest BCUT2D eigenvalue weighted by molar-refractivity contribution is -0.131. The fourth-order valence-corrected chi connectivity index (χ4v) is 4.86. The van der Waals surface area contributed by atoms with Crippen LogP contribution in [0.15, 0.2) is 10.9 Å². The molecule has 1 aliphatic heterocycles. The van der Waals surface area contributed by atoms with Crippen molar-refractivity contribution in [1.82, 2.24) is 25.0 Å². The highest BCUT2D eigenvalue weighted by Crippen LogP contribution is 2.25. The number of amides is 2. The topological polar surface area (TPSA) is 80.1 Å². The Kier molecular flexibility index (Phi) is 5.99. The molecule has 2 amide bonds. The molecule has 7 nitrogen and oxygen atoms in total. The van der Waals surface area contributed by atoms with Crippen molar-refractivity contribution >= 4 is 23.2 Å². The standard InChI is InChI=1S/C21H29N5O2S/c1-14(2)10-26-18-7-8-25(19(27)9-16-12-29-13-22-16)11-17(18)20(24-26)21(28)23-15-5-3-4-6-15/h12-15H,3-11H2,1-2H3,(H,23,28). The van der Waals surface area contributed by atoms with Crippen LogP contribution in [0.5, 0.6) is 0 Å². The van der Waals surface area contributed by atoms with E-state index in [-0.39, 0.29) is 17.9 Å². The second-order valence-electron chi connectivity index (χ2n) is 8.53. The molecule has 0 unspecified atom stereocenters. The minimum atomic E-state index is -0.0931. The number of hydrogen-bond acceptors (Lipinski definition) is 5. The number of carbonyl (C=O) groups excluding carboxylic acids is 2. The third kappa shape index (κ3) is 4.52. The minimum absolute atomic E-state index is 0.0558. The summed E-state index contributed by atoms with van der Waals surface area (Å²) in [4.78, 5) is 31.9. The lowest BCUT2D eigenvalue weighted by Crippen LogP contribution is -2.39. The van der Waals surface area contributed by atoms with Gasteiger partial charge in [0, 0.05) is 48.7 Å². The maximum absolute atomic E-state index is 13.0. The van der Waals surface area contributed by atoms with E-state index in [0.717, 1.165) is 42.8 Å². The van der Waals surface area contributed by atoms with Gasteiger partial charge >= 0.3 is 0 Å². The van der Waals surface area contributed by atoms with Crippen molar-refractivity contribution in [1.29, 1.82) is 0 Å². The summed E-state index contributed by atoms with van der Waals surface area (Å²) in [5.74, 6) is 0.402. The summed E-state index contributed by atoms with van der Waals surface area (Å²) in [6, 6.07) is 0.249. The van der Waals surface area contributed by atoms with Gasteiger partial charge in [-0.05, 0) is 18.8 Å². The predicted octanol–water partition coefficient (Wildman–Crippen LogP) is 2.80. The number of nitrogens with one attached hydrogen (secondary N) is 1. The van der Waals surface area contributed by atoms with E-state index in [4.69, 9.17) is 5.10 Å². The molecule has 0 aromatic carbocycles. The van der Waals surface area contributed by atoms with Crippen molar-refractivity contribution in [2.75, 3.05) is 6.54 Å². The molecule has 2 aromatic heterocycles. The van der Waals surface area contributed by atoms with Gasteiger partial charge in [0.25, 0.3) is 5.91 Å². The number of nitrogens with zero attached hydrogens (tertiary/aromatic N) is 4. The van der Waals surface area contributed by atoms with Gasteiger partial charge in [-0.25, -0.2) is 4.98 Å². The summed E-state index contributed by atoms with van der Waals surface area (Å²) >= 11 is 1.50. The van der Waals surface area contributed by atoms with Crippen molar-refractivity contribution < 1.29 is 9.59 Å². The molecule has 2 aromatic rings. The van der Waals surface area contributed by atoms with Crippen LogP contribution in [-0.2, 0) is 30.7 Å². The maximum atomic E-state index is 13.0. The monoisotopic (exact) mass is 415 g/mol. The van der Waals surface area contributed by atoms with Crippen LogP contribution in [0.4, 0.5) is 0 Å². The van der Waals surface area contributed by atoms with Gasteiger partial charge in [0.15, 0.2) is 5.69 Å². The fraction of sp³-hybridized carbons (Fsp3) is 0.619. The number of aromatic nitrogens is 3. The summed E-state index contributed by atoms with van der Waals surface area (Å²) in [6.45, 7) is 6.19. The first-order valence-corrected chi connectivity index (χ1v) is 11.5. The molecule has 2 aliphatic rings. The van der Waals surface area contributed by atoms with E-state index >= 15 is 0 Å². The molecule has 4 rings (SSSR count). The van der Waals surface area contributed by atoms with Crippen LogP contribution >= 0.6 is 11.3 Å². The van der Waals surface area contributed by atoms with Crippen LogP contribution in [0.2, 0.25) is 0 Å². The number of rotatable bonds is 6. The lowest BCUT2D eigenvalue weighted by atomic mass is 10.0. The van der Waals surface area contributed by atoms with Crippen molar-refractivity contribution in [2.45, 2.75) is 71.5 Å². The van der Waals surface area contributed by atoms with Crippen LogP contribution < -0.4 is 5.32 Å². The molecule has 1 fully saturated rings. The average Bonchev–Trinajstić information content (AvgIpc) is 3.43. The van der Waals surface area contributed by atoms with Crippen LogP contribution in [0.3, 0.4) is 0 Å². The van der Waals surface area contributed by atoms with Crippen LogP contribution in [-0.4, -0.2) is 44.1 Å². The molecule has 1 saturated carbocycles. The highest BCUT2D eigenvalue weighted by Gasteiger charge is 2.31. The van der Waals surface area contributed by atoms with E-state index in [2.05, 4.69) is 24.1 Å². The Morgan fingerprint density at radius 2 is 2.10 bits per heavy atom. The average molecular weight is 416 g/mol. The normalized spacial score (nSPS) is 17.0. The summed E-state index contributed by atoms with van der Waals surface area (Å²) in [5.41, 5.74) is 5.07. The summed E-state index contributed by atoms with van der Waals surface area (Å²) in [5, 5.41) is 9.78. The van der Waals surface area contributed by atoms with Gasteiger partial charge in [0.05, 0.1) is 17.6 Å². The van der Waals surface area contributed by atoms with Crippen LogP contribution in [0.1, 0.15) is 67.0 Å². The number of fused-ring (bicyclic) bond motifs is 1. The molecule has 0 spiro atoms. The zero-order valence-electron chi connectivity index (χ0n) is 17.2. The zero-order chi connectivity index (χ0) is 20.4. The third-order valence-electron chi connectivity index (χ3n) is 5.75. The van der Waals surface area contributed by atoms with E-state index in [0.29, 0.717) is 31.1 Å². The van der Waals surface area contributed by atoms with E-state index < -0.39 is 0 Å². The Bertz CT molecular complexity index is 868. The SMILES string of the molecule is CC(C)Cn1nc(C(=O)NC2CCCC2)c2c1CCN(C(=O)Cc1cscn1)C2. The smallest absolute Gasteiger partial charge is 0.272 e. The first-order valence-electron chi connectivity index (χ1n) is 10.6. The number of hydrogen-bond donors (Lipinski definition) is 1. The van der Waals surface area contributed by atoms with Crippen LogP contribution in [0, 0.1) is 5.92 Å². The number of carbonyl (C=O) groups is 2. The van der Waals surface area contributed by atoms with E-state index in [1.54, 1.807) is 5.51 Å². The molecule has 0 bridgehead atoms. The quantitative estimate of drug-likeness (QED) is 0.787. The first-order chi connectivity index (χ1) is 14.0. The molecular formula is C21H29N5O2S. The van der Waals surface area contributed by atoms with Gasteiger partial charge in [-0.1, -0.05) is 26.7 Å². The van der Waals surface area contributed by atoms with Gasteiger partial charge in [0.2, 0.25) is 5.91 Å². The molecule has 29 heavy (non-hydrogen) atoms. The van der Waals surface area contributed by atoms with Crippen molar-refractivity contribution in [3.8, 4) is 0 Å². The van der Waals surface area contributed by atoms with Gasteiger partial charge in [-0.2, -0.15) is 5.10 Å². The molecule has 0 radical (unpaired) electrons. The Morgan fingerprint density at radius 3 is 2.79 bits per heavy atom. The Balaban J connectivity index is 1.55. The minimum Gasteiger partial charge on any atom is -0.348 e. The van der Waals surface area contributed by atoms with Gasteiger partial charge in [-0.15, -0.1) is 11.3 Å². The zero-order valence-corrected chi connectivity index (χ0v) is 18.0. The Labute approximate surface area is 175 Å². The lowest BCUT2D eigenvalue weighted by Gasteiger charge is -2.28. The van der Waals surface area contributed by atoms with Gasteiger partial charge < -0.3 is 10.2 Å². The molecule has 1 aliphatic carbocycles. The third-order valence-corrected chi connectivity index (χ3v) is 6.38. The summed E-state index contributed by atoms with van der Waals surface area (Å²) < 4.78 is 1.99. The van der Waals surface area contributed by atoms with E-state index in [1.807, 2.05) is 15.0 Å². The van der Waals surface area contributed by atoms with E-state index in [9.17, 15) is 9.59 Å². The Morgan fingerprint density at radius 1 is 1.31 bits per heavy atom. The Hall–Kier alpha value is -2.22. The number of thiazole rings is 1. The van der Waals surface area contributed by atoms with E-state index in [1.165, 1.54) is 24.2 Å². The molecule has 3 heterocycles. The van der Waals surface area contributed by atoms with Crippen molar-refractivity contribution in [2.24, 2.45) is 5.92 Å². The second-order valence-corrected chi connectivity index (χ2v) is 9.25. The predicted molar refractivity (Wildman–Crippen MR) is 112 cm³/mol. The molecule has 1 N–H and O–H groups in total. The molecular weight excluding hydrogens is 386 g/mol. The molecule has 0 saturated heterocycles. The highest BCUT2D eigenvalue weighted by atomic mass is 32.1. The van der Waals surface area contributed by atoms with Crippen LogP contribution in [0.25, 0.3) is 0 Å².